The van der Waals surface area contributed by atoms with Crippen LogP contribution in [0.3, 0.4) is 0 Å². The summed E-state index contributed by atoms with van der Waals surface area (Å²) in [5.74, 6) is 0.676. The molecule has 1 amide bonds. The Morgan fingerprint density at radius 2 is 2.35 bits per heavy atom. The van der Waals surface area contributed by atoms with Gasteiger partial charge in [-0.15, -0.1) is 0 Å². The fraction of sp³-hybridized carbons (Fsp3) is 0.462. The van der Waals surface area contributed by atoms with Crippen LogP contribution in [0.15, 0.2) is 12.4 Å². The third-order valence-corrected chi connectivity index (χ3v) is 3.66. The van der Waals surface area contributed by atoms with Gasteiger partial charge in [-0.2, -0.15) is 5.10 Å². The highest BCUT2D eigenvalue weighted by molar-refractivity contribution is 5.94. The molecule has 0 saturated heterocycles. The van der Waals surface area contributed by atoms with Crippen LogP contribution in [0.2, 0.25) is 0 Å². The van der Waals surface area contributed by atoms with Crippen LogP contribution in [0, 0.1) is 0 Å². The molecule has 0 unspecified atom stereocenters. The second-order valence-electron chi connectivity index (χ2n) is 4.96. The first kappa shape index (κ1) is 12.9. The Kier molecular flexibility index (Phi) is 3.27. The van der Waals surface area contributed by atoms with Crippen molar-refractivity contribution in [3.05, 3.63) is 35.2 Å². The van der Waals surface area contributed by atoms with E-state index < -0.39 is 0 Å². The summed E-state index contributed by atoms with van der Waals surface area (Å²) >= 11 is 0. The smallest absolute Gasteiger partial charge is 0.272 e. The van der Waals surface area contributed by atoms with E-state index in [0.717, 1.165) is 30.0 Å². The largest absolute Gasteiger partial charge is 0.343 e. The van der Waals surface area contributed by atoms with Gasteiger partial charge in [0.05, 0.1) is 6.54 Å². The minimum Gasteiger partial charge on any atom is -0.343 e. The molecule has 0 spiro atoms. The van der Waals surface area contributed by atoms with Gasteiger partial charge in [0, 0.05) is 57.3 Å². The van der Waals surface area contributed by atoms with Gasteiger partial charge in [0.2, 0.25) is 0 Å². The number of nitrogens with zero attached hydrogens (tertiary/aromatic N) is 4. The van der Waals surface area contributed by atoms with Crippen molar-refractivity contribution in [3.8, 4) is 0 Å². The van der Waals surface area contributed by atoms with Gasteiger partial charge in [-0.25, -0.2) is 4.98 Å². The second-order valence-corrected chi connectivity index (χ2v) is 4.96. The molecule has 3 heterocycles. The maximum atomic E-state index is 12.3. The predicted molar refractivity (Wildman–Crippen MR) is 73.0 cm³/mol. The predicted octanol–water partition coefficient (Wildman–Crippen LogP) is -0.271. The summed E-state index contributed by atoms with van der Waals surface area (Å²) in [5, 5.41) is 10.5. The van der Waals surface area contributed by atoms with Gasteiger partial charge >= 0.3 is 0 Å². The van der Waals surface area contributed by atoms with Crippen LogP contribution in [-0.4, -0.2) is 31.8 Å². The summed E-state index contributed by atoms with van der Waals surface area (Å²) < 4.78 is 3.70. The zero-order valence-corrected chi connectivity index (χ0v) is 11.7. The van der Waals surface area contributed by atoms with Crippen molar-refractivity contribution < 1.29 is 4.79 Å². The lowest BCUT2D eigenvalue weighted by Crippen LogP contribution is -2.29. The SMILES string of the molecule is Cn1ccnc1CNC(=O)c1nn(C)c2c1CNCC2. The highest BCUT2D eigenvalue weighted by Crippen LogP contribution is 2.17. The van der Waals surface area contributed by atoms with Crippen LogP contribution in [0.1, 0.15) is 27.6 Å². The van der Waals surface area contributed by atoms with Gasteiger partial charge < -0.3 is 15.2 Å². The molecule has 0 aromatic carbocycles. The number of imidazole rings is 1. The van der Waals surface area contributed by atoms with Crippen LogP contribution in [0.25, 0.3) is 0 Å². The lowest BCUT2D eigenvalue weighted by atomic mass is 10.1. The summed E-state index contributed by atoms with van der Waals surface area (Å²) in [5.41, 5.74) is 2.67. The Bertz CT molecular complexity index is 641. The maximum absolute atomic E-state index is 12.3. The summed E-state index contributed by atoms with van der Waals surface area (Å²) in [7, 11) is 3.79. The van der Waals surface area contributed by atoms with Gasteiger partial charge in [-0.1, -0.05) is 0 Å². The molecule has 2 aromatic rings. The van der Waals surface area contributed by atoms with E-state index in [1.54, 1.807) is 6.20 Å². The van der Waals surface area contributed by atoms with Crippen molar-refractivity contribution in [2.45, 2.75) is 19.5 Å². The van der Waals surface area contributed by atoms with Crippen molar-refractivity contribution in [1.82, 2.24) is 30.0 Å². The molecular weight excluding hydrogens is 256 g/mol. The molecule has 0 radical (unpaired) electrons. The summed E-state index contributed by atoms with van der Waals surface area (Å²) in [6.45, 7) is 2.04. The summed E-state index contributed by atoms with van der Waals surface area (Å²) in [6.07, 6.45) is 4.48. The maximum Gasteiger partial charge on any atom is 0.272 e. The normalized spacial score (nSPS) is 14.1. The number of nitrogens with one attached hydrogen (secondary N) is 2. The first-order valence-electron chi connectivity index (χ1n) is 6.66. The van der Waals surface area contributed by atoms with Crippen molar-refractivity contribution in [3.63, 3.8) is 0 Å². The molecule has 1 aliphatic heterocycles. The fourth-order valence-electron chi connectivity index (χ4n) is 2.51. The van der Waals surface area contributed by atoms with Crippen molar-refractivity contribution >= 4 is 5.91 Å². The highest BCUT2D eigenvalue weighted by Gasteiger charge is 2.23. The molecule has 2 N–H and O–H groups in total. The Labute approximate surface area is 117 Å². The molecular formula is C13H18N6O. The van der Waals surface area contributed by atoms with Gasteiger partial charge in [-0.05, 0) is 0 Å². The number of amides is 1. The quantitative estimate of drug-likeness (QED) is 0.808. The number of carbonyl (C=O) groups is 1. The molecule has 7 heteroatoms. The molecule has 1 aliphatic rings. The van der Waals surface area contributed by atoms with Crippen molar-refractivity contribution in [2.75, 3.05) is 6.54 Å². The van der Waals surface area contributed by atoms with Crippen molar-refractivity contribution in [2.24, 2.45) is 14.1 Å². The van der Waals surface area contributed by atoms with Gasteiger partial charge in [0.15, 0.2) is 5.69 Å². The highest BCUT2D eigenvalue weighted by atomic mass is 16.2. The Balaban J connectivity index is 1.76. The molecule has 20 heavy (non-hydrogen) atoms. The van der Waals surface area contributed by atoms with E-state index in [9.17, 15) is 4.79 Å². The zero-order valence-electron chi connectivity index (χ0n) is 11.7. The summed E-state index contributed by atoms with van der Waals surface area (Å²) in [4.78, 5) is 16.5. The number of fused-ring (bicyclic) bond motifs is 1. The minimum atomic E-state index is -0.145. The molecule has 106 valence electrons. The number of rotatable bonds is 3. The third kappa shape index (κ3) is 2.20. The Morgan fingerprint density at radius 1 is 1.50 bits per heavy atom. The molecule has 2 aromatic heterocycles. The second kappa shape index (κ2) is 5.09. The molecule has 0 saturated carbocycles. The fourth-order valence-corrected chi connectivity index (χ4v) is 2.51. The van der Waals surface area contributed by atoms with Gasteiger partial charge in [-0.3, -0.25) is 9.48 Å². The number of carbonyl (C=O) groups excluding carboxylic acids is 1. The number of aromatic nitrogens is 4. The van der Waals surface area contributed by atoms with E-state index in [1.807, 2.05) is 29.5 Å². The van der Waals surface area contributed by atoms with E-state index in [1.165, 1.54) is 0 Å². The zero-order chi connectivity index (χ0) is 14.1. The minimum absolute atomic E-state index is 0.145. The van der Waals surface area contributed by atoms with E-state index in [4.69, 9.17) is 0 Å². The third-order valence-electron chi connectivity index (χ3n) is 3.66. The topological polar surface area (TPSA) is 76.8 Å². The van der Waals surface area contributed by atoms with E-state index in [-0.39, 0.29) is 5.91 Å². The molecule has 3 rings (SSSR count). The van der Waals surface area contributed by atoms with E-state index >= 15 is 0 Å². The lowest BCUT2D eigenvalue weighted by molar-refractivity contribution is 0.0943. The van der Waals surface area contributed by atoms with E-state index in [2.05, 4.69) is 20.7 Å². The van der Waals surface area contributed by atoms with Crippen molar-refractivity contribution in [1.29, 1.82) is 0 Å². The average Bonchev–Trinajstić information content (AvgIpc) is 3.01. The standard InChI is InChI=1S/C13H18N6O/c1-18-6-5-15-11(18)8-16-13(20)12-9-7-14-4-3-10(9)19(2)17-12/h5-6,14H,3-4,7-8H2,1-2H3,(H,16,20). The van der Waals surface area contributed by atoms with Crippen LogP contribution in [0.4, 0.5) is 0 Å². The molecule has 0 bridgehead atoms. The molecule has 0 atom stereocenters. The van der Waals surface area contributed by atoms with Crippen LogP contribution in [-0.2, 0) is 33.6 Å². The van der Waals surface area contributed by atoms with Gasteiger partial charge in [0.25, 0.3) is 5.91 Å². The first-order valence-corrected chi connectivity index (χ1v) is 6.66. The summed E-state index contributed by atoms with van der Waals surface area (Å²) in [6, 6.07) is 0. The Morgan fingerprint density at radius 3 is 3.10 bits per heavy atom. The molecule has 0 fully saturated rings. The van der Waals surface area contributed by atoms with Crippen LogP contribution < -0.4 is 10.6 Å². The first-order chi connectivity index (χ1) is 9.66. The number of hydrogen-bond acceptors (Lipinski definition) is 4. The Hall–Kier alpha value is -2.15. The lowest BCUT2D eigenvalue weighted by Gasteiger charge is -2.14. The van der Waals surface area contributed by atoms with Gasteiger partial charge in [0.1, 0.15) is 5.82 Å². The monoisotopic (exact) mass is 274 g/mol. The number of hydrogen-bond donors (Lipinski definition) is 2. The average molecular weight is 274 g/mol. The van der Waals surface area contributed by atoms with Crippen LogP contribution >= 0.6 is 0 Å². The molecule has 0 aliphatic carbocycles. The molecule has 7 nitrogen and oxygen atoms in total. The van der Waals surface area contributed by atoms with E-state index in [0.29, 0.717) is 18.8 Å². The van der Waals surface area contributed by atoms with Crippen LogP contribution in [0.5, 0.6) is 0 Å². The number of aryl methyl sites for hydroxylation is 2.